The first-order valence-corrected chi connectivity index (χ1v) is 13.9. The third kappa shape index (κ3) is 8.60. The van der Waals surface area contributed by atoms with Crippen molar-refractivity contribution in [2.75, 3.05) is 13.1 Å². The van der Waals surface area contributed by atoms with Gasteiger partial charge in [-0.25, -0.2) is 4.79 Å². The molecule has 214 valence electrons. The number of alkyl carbamates (subject to hydrolysis) is 1. The van der Waals surface area contributed by atoms with Crippen LogP contribution >= 0.6 is 0 Å². The van der Waals surface area contributed by atoms with Gasteiger partial charge in [0, 0.05) is 17.4 Å². The second kappa shape index (κ2) is 11.7. The second-order valence-electron chi connectivity index (χ2n) is 12.6. The van der Waals surface area contributed by atoms with E-state index in [0.717, 1.165) is 16.5 Å². The van der Waals surface area contributed by atoms with Gasteiger partial charge in [-0.3, -0.25) is 9.59 Å². The molecule has 0 bridgehead atoms. The molecule has 3 aromatic rings. The minimum atomic E-state index is -0.704. The number of ether oxygens (including phenoxy) is 2. The van der Waals surface area contributed by atoms with Crippen LogP contribution in [-0.4, -0.2) is 58.2 Å². The molecule has 2 N–H and O–H groups in total. The lowest BCUT2D eigenvalue weighted by atomic mass is 10.1. The van der Waals surface area contributed by atoms with Gasteiger partial charge in [0.05, 0.1) is 6.04 Å². The van der Waals surface area contributed by atoms with Gasteiger partial charge in [0.1, 0.15) is 23.4 Å². The standard InChI is InChI=1S/C32H41N3O5/c1-31(2,3)39-28(36)20-35(29(37)27-18-24-17-23(22-12-13-22)14-15-26(24)34-27)19-25(16-21-10-8-7-9-11-21)33-30(38)40-32(4,5)6/h7-11,14-15,17-18,22,25,34H,12-13,16,19-20H2,1-6H3,(H,33,38)/t25-/m0/s1. The summed E-state index contributed by atoms with van der Waals surface area (Å²) in [6, 6.07) is 17.2. The van der Waals surface area contributed by atoms with Crippen molar-refractivity contribution in [2.24, 2.45) is 0 Å². The van der Waals surface area contributed by atoms with Crippen molar-refractivity contribution < 1.29 is 23.9 Å². The second-order valence-corrected chi connectivity index (χ2v) is 12.6. The highest BCUT2D eigenvalue weighted by Crippen LogP contribution is 2.40. The van der Waals surface area contributed by atoms with Crippen LogP contribution in [0.5, 0.6) is 0 Å². The van der Waals surface area contributed by atoms with Crippen molar-refractivity contribution in [1.29, 1.82) is 0 Å². The summed E-state index contributed by atoms with van der Waals surface area (Å²) in [5, 5.41) is 3.87. The number of H-pyrrole nitrogens is 1. The normalized spacial score (nSPS) is 14.4. The largest absolute Gasteiger partial charge is 0.459 e. The lowest BCUT2D eigenvalue weighted by molar-refractivity contribution is -0.155. The summed E-state index contributed by atoms with van der Waals surface area (Å²) >= 11 is 0. The molecule has 0 radical (unpaired) electrons. The first-order valence-electron chi connectivity index (χ1n) is 13.9. The predicted molar refractivity (Wildman–Crippen MR) is 155 cm³/mol. The Morgan fingerprint density at radius 2 is 1.62 bits per heavy atom. The Morgan fingerprint density at radius 3 is 2.25 bits per heavy atom. The van der Waals surface area contributed by atoms with E-state index < -0.39 is 29.3 Å². The number of aromatic amines is 1. The molecule has 4 rings (SSSR count). The van der Waals surface area contributed by atoms with Crippen molar-refractivity contribution in [3.05, 3.63) is 71.4 Å². The Morgan fingerprint density at radius 1 is 0.950 bits per heavy atom. The van der Waals surface area contributed by atoms with Gasteiger partial charge in [-0.2, -0.15) is 0 Å². The lowest BCUT2D eigenvalue weighted by Gasteiger charge is -2.29. The smallest absolute Gasteiger partial charge is 0.407 e. The number of benzene rings is 2. The fourth-order valence-electron chi connectivity index (χ4n) is 4.66. The number of carbonyl (C=O) groups is 3. The average Bonchev–Trinajstić information content (AvgIpc) is 3.59. The molecule has 1 fully saturated rings. The molecule has 1 atom stereocenters. The molecule has 0 aliphatic heterocycles. The molecule has 0 saturated heterocycles. The number of nitrogens with one attached hydrogen (secondary N) is 2. The van der Waals surface area contributed by atoms with Crippen molar-refractivity contribution in [2.45, 2.75) is 84.0 Å². The molecule has 1 aliphatic rings. The Bertz CT molecular complexity index is 1350. The monoisotopic (exact) mass is 547 g/mol. The Kier molecular flexibility index (Phi) is 8.57. The zero-order valence-corrected chi connectivity index (χ0v) is 24.4. The molecule has 1 saturated carbocycles. The summed E-state index contributed by atoms with van der Waals surface area (Å²) < 4.78 is 11.1. The summed E-state index contributed by atoms with van der Waals surface area (Å²) in [5.41, 5.74) is 2.11. The molecular weight excluding hydrogens is 506 g/mol. The minimum absolute atomic E-state index is 0.0783. The number of amides is 2. The maximum Gasteiger partial charge on any atom is 0.407 e. The highest BCUT2D eigenvalue weighted by molar-refractivity contribution is 5.99. The van der Waals surface area contributed by atoms with E-state index >= 15 is 0 Å². The molecule has 0 spiro atoms. The Balaban J connectivity index is 1.61. The van der Waals surface area contributed by atoms with Gasteiger partial charge in [0.25, 0.3) is 5.91 Å². The third-order valence-electron chi connectivity index (χ3n) is 6.44. The van der Waals surface area contributed by atoms with E-state index in [1.807, 2.05) is 42.5 Å². The zero-order valence-electron chi connectivity index (χ0n) is 24.4. The van der Waals surface area contributed by atoms with Gasteiger partial charge in [0.2, 0.25) is 0 Å². The van der Waals surface area contributed by atoms with Crippen molar-refractivity contribution >= 4 is 28.9 Å². The summed E-state index contributed by atoms with van der Waals surface area (Å²) in [7, 11) is 0. The van der Waals surface area contributed by atoms with Gasteiger partial charge in [0.15, 0.2) is 0 Å². The first-order chi connectivity index (χ1) is 18.8. The number of fused-ring (bicyclic) bond motifs is 1. The molecule has 8 nitrogen and oxygen atoms in total. The van der Waals surface area contributed by atoms with Gasteiger partial charge in [-0.15, -0.1) is 0 Å². The van der Waals surface area contributed by atoms with Crippen LogP contribution in [0.2, 0.25) is 0 Å². The van der Waals surface area contributed by atoms with Gasteiger partial charge < -0.3 is 24.7 Å². The predicted octanol–water partition coefficient (Wildman–Crippen LogP) is 5.97. The summed E-state index contributed by atoms with van der Waals surface area (Å²) in [6.07, 6.45) is 2.24. The topological polar surface area (TPSA) is 101 Å². The fourth-order valence-corrected chi connectivity index (χ4v) is 4.66. The van der Waals surface area contributed by atoms with Crippen LogP contribution in [0, 0.1) is 0 Å². The number of hydrogen-bond acceptors (Lipinski definition) is 5. The fraction of sp³-hybridized carbons (Fsp3) is 0.469. The Labute approximate surface area is 236 Å². The van der Waals surface area contributed by atoms with E-state index in [4.69, 9.17) is 9.47 Å². The summed E-state index contributed by atoms with van der Waals surface area (Å²) in [5.74, 6) is -0.275. The van der Waals surface area contributed by atoms with E-state index in [1.54, 1.807) is 41.5 Å². The molecule has 2 amide bonds. The van der Waals surface area contributed by atoms with E-state index in [2.05, 4.69) is 22.4 Å². The summed E-state index contributed by atoms with van der Waals surface area (Å²) in [6.45, 7) is 10.6. The zero-order chi connectivity index (χ0) is 29.1. The van der Waals surface area contributed by atoms with Gasteiger partial charge in [-0.05, 0) is 96.0 Å². The molecule has 1 heterocycles. The maximum absolute atomic E-state index is 13.9. The van der Waals surface area contributed by atoms with Crippen LogP contribution in [0.3, 0.4) is 0 Å². The third-order valence-corrected chi connectivity index (χ3v) is 6.44. The van der Waals surface area contributed by atoms with Gasteiger partial charge >= 0.3 is 12.1 Å². The minimum Gasteiger partial charge on any atom is -0.459 e. The number of aromatic nitrogens is 1. The number of nitrogens with zero attached hydrogens (tertiary/aromatic N) is 1. The maximum atomic E-state index is 13.9. The van der Waals surface area contributed by atoms with Gasteiger partial charge in [-0.1, -0.05) is 36.4 Å². The SMILES string of the molecule is CC(C)(C)OC(=O)CN(C[C@H](Cc1ccccc1)NC(=O)OC(C)(C)C)C(=O)c1cc2cc(C3CC3)ccc2[nH]1. The highest BCUT2D eigenvalue weighted by Gasteiger charge is 2.29. The highest BCUT2D eigenvalue weighted by atomic mass is 16.6. The molecule has 40 heavy (non-hydrogen) atoms. The van der Waals surface area contributed by atoms with Crippen LogP contribution in [0.25, 0.3) is 10.9 Å². The van der Waals surface area contributed by atoms with Crippen LogP contribution in [-0.2, 0) is 20.7 Å². The Hall–Kier alpha value is -3.81. The molecular formula is C32H41N3O5. The van der Waals surface area contributed by atoms with E-state index in [9.17, 15) is 14.4 Å². The van der Waals surface area contributed by atoms with E-state index in [1.165, 1.54) is 23.3 Å². The van der Waals surface area contributed by atoms with E-state index in [-0.39, 0.29) is 19.0 Å². The number of rotatable bonds is 9. The molecule has 2 aromatic carbocycles. The van der Waals surface area contributed by atoms with Crippen LogP contribution in [0.4, 0.5) is 4.79 Å². The lowest BCUT2D eigenvalue weighted by Crippen LogP contribution is -2.50. The molecule has 1 aromatic heterocycles. The first kappa shape index (κ1) is 29.2. The number of carbonyl (C=O) groups excluding carboxylic acids is 3. The van der Waals surface area contributed by atoms with E-state index in [0.29, 0.717) is 18.0 Å². The molecule has 1 aliphatic carbocycles. The average molecular weight is 548 g/mol. The molecule has 8 heteroatoms. The molecule has 0 unspecified atom stereocenters. The number of hydrogen-bond donors (Lipinski definition) is 2. The van der Waals surface area contributed by atoms with Crippen LogP contribution < -0.4 is 5.32 Å². The van der Waals surface area contributed by atoms with Crippen molar-refractivity contribution in [1.82, 2.24) is 15.2 Å². The quantitative estimate of drug-likeness (QED) is 0.322. The summed E-state index contributed by atoms with van der Waals surface area (Å²) in [4.78, 5) is 44.2. The van der Waals surface area contributed by atoms with Crippen molar-refractivity contribution in [3.8, 4) is 0 Å². The van der Waals surface area contributed by atoms with Crippen LogP contribution in [0.15, 0.2) is 54.6 Å². The number of esters is 1. The van der Waals surface area contributed by atoms with Crippen molar-refractivity contribution in [3.63, 3.8) is 0 Å². The van der Waals surface area contributed by atoms with Crippen LogP contribution in [0.1, 0.15) is 81.9 Å².